The molecule has 0 saturated heterocycles. The molecule has 9 rings (SSSR count). The van der Waals surface area contributed by atoms with Gasteiger partial charge in [0.2, 0.25) is 0 Å². The van der Waals surface area contributed by atoms with Crippen molar-refractivity contribution in [2.24, 2.45) is 0 Å². The summed E-state index contributed by atoms with van der Waals surface area (Å²) >= 11 is 0. The van der Waals surface area contributed by atoms with Gasteiger partial charge in [-0.3, -0.25) is 0 Å². The van der Waals surface area contributed by atoms with Gasteiger partial charge in [-0.2, -0.15) is 0 Å². The zero-order valence-electron chi connectivity index (χ0n) is 27.4. The zero-order chi connectivity index (χ0) is 33.3. The molecule has 0 saturated carbocycles. The summed E-state index contributed by atoms with van der Waals surface area (Å²) in [5, 5.41) is 2.23. The second kappa shape index (κ2) is 12.8. The summed E-state index contributed by atoms with van der Waals surface area (Å²) in [5.41, 5.74) is 14.5. The van der Waals surface area contributed by atoms with Crippen LogP contribution in [-0.2, 0) is 0 Å². The van der Waals surface area contributed by atoms with Gasteiger partial charge in [-0.25, -0.2) is 0 Å². The number of hydrogen-bond donors (Lipinski definition) is 0. The topological polar surface area (TPSA) is 16.4 Å². The van der Waals surface area contributed by atoms with Gasteiger partial charge in [0.15, 0.2) is 5.58 Å². The van der Waals surface area contributed by atoms with Gasteiger partial charge in [0.05, 0.1) is 5.69 Å². The van der Waals surface area contributed by atoms with E-state index in [0.717, 1.165) is 44.6 Å². The molecule has 1 aromatic heterocycles. The number of furan rings is 1. The first kappa shape index (κ1) is 29.5. The summed E-state index contributed by atoms with van der Waals surface area (Å²) in [7, 11) is 0. The maximum atomic E-state index is 6.51. The Morgan fingerprint density at radius 3 is 1.36 bits per heavy atom. The average Bonchev–Trinajstić information content (AvgIpc) is 3.59. The highest BCUT2D eigenvalue weighted by Crippen LogP contribution is 2.44. The maximum absolute atomic E-state index is 6.51. The molecule has 0 atom stereocenters. The molecule has 0 radical (unpaired) electrons. The molecular formula is C48H33NO. The molecule has 8 aromatic carbocycles. The number of benzene rings is 8. The highest BCUT2D eigenvalue weighted by Gasteiger charge is 2.20. The van der Waals surface area contributed by atoms with Crippen LogP contribution in [-0.4, -0.2) is 0 Å². The minimum Gasteiger partial charge on any atom is -0.454 e. The van der Waals surface area contributed by atoms with E-state index in [4.69, 9.17) is 4.42 Å². The SMILES string of the molecule is c1ccc(-c2ccccc2-c2ccccc2-c2ccccc2-c2ccc(N(c3ccccc3)c3cccc4c3oc3ccccc34)cc2)cc1. The number of fused-ring (bicyclic) bond motifs is 3. The van der Waals surface area contributed by atoms with Crippen LogP contribution in [0.5, 0.6) is 0 Å². The smallest absolute Gasteiger partial charge is 0.159 e. The molecular weight excluding hydrogens is 607 g/mol. The number of anilines is 3. The van der Waals surface area contributed by atoms with Gasteiger partial charge >= 0.3 is 0 Å². The highest BCUT2D eigenvalue weighted by molar-refractivity contribution is 6.10. The minimum absolute atomic E-state index is 0.874. The Morgan fingerprint density at radius 2 is 0.740 bits per heavy atom. The summed E-state index contributed by atoms with van der Waals surface area (Å²) < 4.78 is 6.51. The van der Waals surface area contributed by atoms with E-state index in [-0.39, 0.29) is 0 Å². The molecule has 0 fully saturated rings. The largest absolute Gasteiger partial charge is 0.454 e. The van der Waals surface area contributed by atoms with Crippen LogP contribution in [0.2, 0.25) is 0 Å². The number of para-hydroxylation sites is 3. The van der Waals surface area contributed by atoms with Crippen molar-refractivity contribution in [3.05, 3.63) is 200 Å². The number of hydrogen-bond acceptors (Lipinski definition) is 2. The molecule has 2 heteroatoms. The molecule has 0 unspecified atom stereocenters. The predicted molar refractivity (Wildman–Crippen MR) is 210 cm³/mol. The van der Waals surface area contributed by atoms with Gasteiger partial charge in [-0.05, 0) is 80.9 Å². The summed E-state index contributed by atoms with van der Waals surface area (Å²) in [6, 6.07) is 71.0. The van der Waals surface area contributed by atoms with Crippen molar-refractivity contribution in [1.82, 2.24) is 0 Å². The van der Waals surface area contributed by atoms with Crippen molar-refractivity contribution < 1.29 is 4.42 Å². The van der Waals surface area contributed by atoms with Crippen molar-refractivity contribution in [1.29, 1.82) is 0 Å². The van der Waals surface area contributed by atoms with Crippen molar-refractivity contribution in [2.75, 3.05) is 4.90 Å². The van der Waals surface area contributed by atoms with Crippen LogP contribution >= 0.6 is 0 Å². The minimum atomic E-state index is 0.874. The first-order chi connectivity index (χ1) is 24.8. The summed E-state index contributed by atoms with van der Waals surface area (Å²) in [6.07, 6.45) is 0. The van der Waals surface area contributed by atoms with Crippen LogP contribution in [0.4, 0.5) is 17.1 Å². The summed E-state index contributed by atoms with van der Waals surface area (Å²) in [6.45, 7) is 0. The van der Waals surface area contributed by atoms with Crippen LogP contribution in [0, 0.1) is 0 Å². The van der Waals surface area contributed by atoms with Gasteiger partial charge in [0.1, 0.15) is 5.58 Å². The van der Waals surface area contributed by atoms with Crippen LogP contribution in [0.15, 0.2) is 205 Å². The second-order valence-electron chi connectivity index (χ2n) is 12.5. The van der Waals surface area contributed by atoms with Crippen molar-refractivity contribution >= 4 is 39.0 Å². The quantitative estimate of drug-likeness (QED) is 0.173. The summed E-state index contributed by atoms with van der Waals surface area (Å²) in [4.78, 5) is 2.29. The first-order valence-corrected chi connectivity index (χ1v) is 17.0. The number of rotatable bonds is 7. The Hall–Kier alpha value is -6.64. The third kappa shape index (κ3) is 5.24. The van der Waals surface area contributed by atoms with E-state index in [2.05, 4.69) is 193 Å². The lowest BCUT2D eigenvalue weighted by atomic mass is 9.87. The van der Waals surface area contributed by atoms with Gasteiger partial charge in [0.25, 0.3) is 0 Å². The fourth-order valence-corrected chi connectivity index (χ4v) is 7.21. The molecule has 0 amide bonds. The van der Waals surface area contributed by atoms with Crippen LogP contribution in [0.1, 0.15) is 0 Å². The van der Waals surface area contributed by atoms with E-state index in [9.17, 15) is 0 Å². The normalized spacial score (nSPS) is 11.2. The van der Waals surface area contributed by atoms with E-state index in [1.54, 1.807) is 0 Å². The second-order valence-corrected chi connectivity index (χ2v) is 12.5. The monoisotopic (exact) mass is 639 g/mol. The Bertz CT molecular complexity index is 2580. The molecule has 0 spiro atoms. The molecule has 9 aromatic rings. The molecule has 0 aliphatic heterocycles. The standard InChI is InChI=1S/C48H33NO/c1-3-16-34(17-4-1)38-20-7-9-22-40(38)42-24-11-12-25-43(42)41-23-10-8-21-39(41)35-30-32-37(33-31-35)49(36-18-5-2-6-19-36)46-28-15-27-45-44-26-13-14-29-47(44)50-48(45)46/h1-33H. The van der Waals surface area contributed by atoms with Crippen molar-refractivity contribution in [3.63, 3.8) is 0 Å². The Balaban J connectivity index is 1.15. The maximum Gasteiger partial charge on any atom is 0.159 e. The van der Waals surface area contributed by atoms with Crippen LogP contribution < -0.4 is 4.90 Å². The lowest BCUT2D eigenvalue weighted by Gasteiger charge is -2.25. The van der Waals surface area contributed by atoms with Crippen LogP contribution in [0.3, 0.4) is 0 Å². The Labute approximate surface area is 292 Å². The Kier molecular flexibility index (Phi) is 7.53. The fraction of sp³-hybridized carbons (Fsp3) is 0. The fourth-order valence-electron chi connectivity index (χ4n) is 7.21. The van der Waals surface area contributed by atoms with E-state index < -0.39 is 0 Å². The van der Waals surface area contributed by atoms with Crippen LogP contribution in [0.25, 0.3) is 66.4 Å². The van der Waals surface area contributed by atoms with E-state index in [0.29, 0.717) is 0 Å². The van der Waals surface area contributed by atoms with Gasteiger partial charge in [-0.15, -0.1) is 0 Å². The average molecular weight is 640 g/mol. The van der Waals surface area contributed by atoms with Gasteiger partial charge in [-0.1, -0.05) is 164 Å². The molecule has 236 valence electrons. The van der Waals surface area contributed by atoms with E-state index in [1.807, 2.05) is 12.1 Å². The van der Waals surface area contributed by atoms with Crippen molar-refractivity contribution in [3.8, 4) is 44.5 Å². The highest BCUT2D eigenvalue weighted by atomic mass is 16.3. The van der Waals surface area contributed by atoms with E-state index in [1.165, 1.54) is 38.9 Å². The van der Waals surface area contributed by atoms with E-state index >= 15 is 0 Å². The number of nitrogens with zero attached hydrogens (tertiary/aromatic N) is 1. The molecule has 0 aliphatic carbocycles. The molecule has 1 heterocycles. The third-order valence-corrected chi connectivity index (χ3v) is 9.52. The van der Waals surface area contributed by atoms with Gasteiger partial charge < -0.3 is 9.32 Å². The van der Waals surface area contributed by atoms with Gasteiger partial charge in [0, 0.05) is 22.1 Å². The summed E-state index contributed by atoms with van der Waals surface area (Å²) in [5.74, 6) is 0. The molecule has 0 N–H and O–H groups in total. The molecule has 0 bridgehead atoms. The lowest BCUT2D eigenvalue weighted by molar-refractivity contribution is 0.669. The molecule has 2 nitrogen and oxygen atoms in total. The predicted octanol–water partition coefficient (Wildman–Crippen LogP) is 13.7. The Morgan fingerprint density at radius 1 is 0.300 bits per heavy atom. The molecule has 50 heavy (non-hydrogen) atoms. The first-order valence-electron chi connectivity index (χ1n) is 17.0. The molecule has 0 aliphatic rings. The lowest BCUT2D eigenvalue weighted by Crippen LogP contribution is -2.10. The third-order valence-electron chi connectivity index (χ3n) is 9.52. The zero-order valence-corrected chi connectivity index (χ0v) is 27.4. The van der Waals surface area contributed by atoms with Crippen molar-refractivity contribution in [2.45, 2.75) is 0 Å².